The molecule has 0 aliphatic carbocycles. The topological polar surface area (TPSA) is 43.4 Å². The molecule has 0 fully saturated rings. The normalized spacial score (nSPS) is 7.57. The third-order valence-corrected chi connectivity index (χ3v) is 0.355. The molecule has 0 unspecified atom stereocenters. The third kappa shape index (κ3) is 5.14. The van der Waals surface area contributed by atoms with Crippen molar-refractivity contribution in [2.75, 3.05) is 6.61 Å². The summed E-state index contributed by atoms with van der Waals surface area (Å²) < 4.78 is 4.06. The van der Waals surface area contributed by atoms with Gasteiger partial charge in [-0.25, -0.2) is 0 Å². The maximum Gasteiger partial charge on any atom is 0.293 e. The number of rotatable bonds is 3. The summed E-state index contributed by atoms with van der Waals surface area (Å²) in [4.78, 5) is 19.3. The van der Waals surface area contributed by atoms with Crippen LogP contribution in [0.15, 0.2) is 0 Å². The molecule has 40 valence electrons. The smallest absolute Gasteiger partial charge is 0.293 e. The van der Waals surface area contributed by atoms with Crippen LogP contribution in [0.5, 0.6) is 0 Å². The quantitative estimate of drug-likeness (QED) is 0.461. The largest absolute Gasteiger partial charge is 0.460 e. The van der Waals surface area contributed by atoms with E-state index in [1.165, 1.54) is 6.92 Å². The van der Waals surface area contributed by atoms with Gasteiger partial charge >= 0.3 is 0 Å². The van der Waals surface area contributed by atoms with Crippen LogP contribution in [0, 0.1) is 0 Å². The first-order valence-corrected chi connectivity index (χ1v) is 1.82. The van der Waals surface area contributed by atoms with E-state index in [0.717, 1.165) is 0 Å². The molecule has 3 nitrogen and oxygen atoms in total. The first-order chi connectivity index (χ1) is 3.27. The van der Waals surface area contributed by atoms with Crippen LogP contribution in [0.3, 0.4) is 0 Å². The standard InChI is InChI=1S/C4H6O3/c1-4(6)2-7-3-5/h3H,2H2,1H3. The number of ether oxygens (including phenoxy) is 1. The van der Waals surface area contributed by atoms with Gasteiger partial charge in [0.15, 0.2) is 5.78 Å². The van der Waals surface area contributed by atoms with Gasteiger partial charge in [-0.05, 0) is 6.92 Å². The molecule has 0 aliphatic rings. The summed E-state index contributed by atoms with van der Waals surface area (Å²) in [5.74, 6) is -0.146. The number of carbonyl (C=O) groups excluding carboxylic acids is 2. The van der Waals surface area contributed by atoms with Gasteiger partial charge in [-0.15, -0.1) is 0 Å². The summed E-state index contributed by atoms with van der Waals surface area (Å²) in [6.07, 6.45) is 0. The minimum Gasteiger partial charge on any atom is -0.460 e. The minimum atomic E-state index is -0.146. The van der Waals surface area contributed by atoms with Crippen molar-refractivity contribution in [3.8, 4) is 0 Å². The Kier molecular flexibility index (Phi) is 2.92. The van der Waals surface area contributed by atoms with E-state index in [4.69, 9.17) is 0 Å². The van der Waals surface area contributed by atoms with Crippen LogP contribution in [0.4, 0.5) is 0 Å². The second-order valence-corrected chi connectivity index (χ2v) is 1.11. The lowest BCUT2D eigenvalue weighted by Crippen LogP contribution is -2.01. The second kappa shape index (κ2) is 3.33. The van der Waals surface area contributed by atoms with E-state index in [0.29, 0.717) is 0 Å². The van der Waals surface area contributed by atoms with Gasteiger partial charge in [0.2, 0.25) is 0 Å². The Balaban J connectivity index is 2.97. The first-order valence-electron chi connectivity index (χ1n) is 1.82. The first kappa shape index (κ1) is 6.14. The molecule has 0 rings (SSSR count). The molecule has 0 N–H and O–H groups in total. The van der Waals surface area contributed by atoms with E-state index in [-0.39, 0.29) is 18.9 Å². The Morgan fingerprint density at radius 2 is 2.43 bits per heavy atom. The zero-order chi connectivity index (χ0) is 5.70. The average Bonchev–Trinajstić information content (AvgIpc) is 1.61. The molecule has 0 saturated heterocycles. The summed E-state index contributed by atoms with van der Waals surface area (Å²) in [5, 5.41) is 0. The highest BCUT2D eigenvalue weighted by Gasteiger charge is 1.87. The molecule has 0 aliphatic heterocycles. The molecular weight excluding hydrogens is 96.0 g/mol. The Hall–Kier alpha value is -0.860. The van der Waals surface area contributed by atoms with Crippen molar-refractivity contribution in [1.82, 2.24) is 0 Å². The SMILES string of the molecule is CC(=O)COC=O. The average molecular weight is 102 g/mol. The van der Waals surface area contributed by atoms with E-state index in [1.54, 1.807) is 0 Å². The number of hydrogen-bond donors (Lipinski definition) is 0. The van der Waals surface area contributed by atoms with Crippen molar-refractivity contribution < 1.29 is 14.3 Å². The summed E-state index contributed by atoms with van der Waals surface area (Å²) in [7, 11) is 0. The molecule has 3 heteroatoms. The molecule has 0 spiro atoms. The van der Waals surface area contributed by atoms with Crippen LogP contribution in [0.2, 0.25) is 0 Å². The second-order valence-electron chi connectivity index (χ2n) is 1.11. The van der Waals surface area contributed by atoms with Crippen molar-refractivity contribution in [3.05, 3.63) is 0 Å². The van der Waals surface area contributed by atoms with E-state index in [1.807, 2.05) is 0 Å². The van der Waals surface area contributed by atoms with Crippen LogP contribution in [-0.4, -0.2) is 18.9 Å². The fraction of sp³-hybridized carbons (Fsp3) is 0.500. The van der Waals surface area contributed by atoms with Gasteiger partial charge in [-0.3, -0.25) is 9.59 Å². The maximum absolute atomic E-state index is 9.92. The van der Waals surface area contributed by atoms with Crippen molar-refractivity contribution in [2.24, 2.45) is 0 Å². The van der Waals surface area contributed by atoms with Crippen molar-refractivity contribution in [1.29, 1.82) is 0 Å². The van der Waals surface area contributed by atoms with Crippen LogP contribution in [0.25, 0.3) is 0 Å². The van der Waals surface area contributed by atoms with Crippen LogP contribution >= 0.6 is 0 Å². The predicted molar refractivity (Wildman–Crippen MR) is 22.7 cm³/mol. The highest BCUT2D eigenvalue weighted by Crippen LogP contribution is 1.67. The van der Waals surface area contributed by atoms with Gasteiger partial charge in [-0.2, -0.15) is 0 Å². The molecule has 0 heterocycles. The van der Waals surface area contributed by atoms with Crippen molar-refractivity contribution in [2.45, 2.75) is 6.92 Å². The number of carbonyl (C=O) groups is 2. The summed E-state index contributed by atoms with van der Waals surface area (Å²) in [5.41, 5.74) is 0. The molecular formula is C4H6O3. The number of Topliss-reactive ketones (excluding diaryl/α,β-unsaturated/α-hetero) is 1. The Labute approximate surface area is 41.3 Å². The highest BCUT2D eigenvalue weighted by molar-refractivity contribution is 5.77. The zero-order valence-electron chi connectivity index (χ0n) is 4.01. The van der Waals surface area contributed by atoms with Crippen molar-refractivity contribution in [3.63, 3.8) is 0 Å². The molecule has 0 atom stereocenters. The third-order valence-electron chi connectivity index (χ3n) is 0.355. The molecule has 0 saturated carbocycles. The van der Waals surface area contributed by atoms with Crippen LogP contribution in [0.1, 0.15) is 6.92 Å². The molecule has 0 bridgehead atoms. The molecule has 7 heavy (non-hydrogen) atoms. The summed E-state index contributed by atoms with van der Waals surface area (Å²) >= 11 is 0. The van der Waals surface area contributed by atoms with E-state index >= 15 is 0 Å². The molecule has 0 aromatic carbocycles. The van der Waals surface area contributed by atoms with Gasteiger partial charge in [0.25, 0.3) is 6.47 Å². The zero-order valence-corrected chi connectivity index (χ0v) is 4.01. The lowest BCUT2D eigenvalue weighted by atomic mass is 10.5. The van der Waals surface area contributed by atoms with Crippen molar-refractivity contribution >= 4 is 12.3 Å². The maximum atomic E-state index is 9.92. The van der Waals surface area contributed by atoms with Gasteiger partial charge in [0, 0.05) is 0 Å². The highest BCUT2D eigenvalue weighted by atomic mass is 16.5. The van der Waals surface area contributed by atoms with Crippen LogP contribution in [-0.2, 0) is 14.3 Å². The van der Waals surface area contributed by atoms with E-state index < -0.39 is 0 Å². The van der Waals surface area contributed by atoms with E-state index in [9.17, 15) is 9.59 Å². The van der Waals surface area contributed by atoms with E-state index in [2.05, 4.69) is 4.74 Å². The fourth-order valence-corrected chi connectivity index (χ4v) is 0.151. The van der Waals surface area contributed by atoms with Crippen LogP contribution < -0.4 is 0 Å². The lowest BCUT2D eigenvalue weighted by molar-refractivity contribution is -0.135. The van der Waals surface area contributed by atoms with Gasteiger partial charge < -0.3 is 4.74 Å². The Morgan fingerprint density at radius 3 is 2.57 bits per heavy atom. The predicted octanol–water partition coefficient (Wildman–Crippen LogP) is -0.252. The fourth-order valence-electron chi connectivity index (χ4n) is 0.151. The number of hydrogen-bond acceptors (Lipinski definition) is 3. The van der Waals surface area contributed by atoms with Gasteiger partial charge in [0.1, 0.15) is 6.61 Å². The van der Waals surface area contributed by atoms with Gasteiger partial charge in [-0.1, -0.05) is 0 Å². The monoisotopic (exact) mass is 102 g/mol. The molecule has 0 aromatic heterocycles. The minimum absolute atomic E-state index is 0.108. The summed E-state index contributed by atoms with van der Waals surface area (Å²) in [6, 6.07) is 0. The molecule has 0 amide bonds. The Morgan fingerprint density at radius 1 is 1.86 bits per heavy atom. The molecule has 0 aromatic rings. The summed E-state index contributed by atoms with van der Waals surface area (Å²) in [6.45, 7) is 1.49. The van der Waals surface area contributed by atoms with Gasteiger partial charge in [0.05, 0.1) is 0 Å². The molecule has 0 radical (unpaired) electrons. The lowest BCUT2D eigenvalue weighted by Gasteiger charge is -1.86. The number of ketones is 1. The Bertz CT molecular complexity index is 77.0.